The van der Waals surface area contributed by atoms with Crippen LogP contribution in [-0.2, 0) is 4.74 Å². The maximum Gasteiger partial charge on any atom is 0.414 e. The zero-order valence-electron chi connectivity index (χ0n) is 7.75. The van der Waals surface area contributed by atoms with Crippen molar-refractivity contribution in [3.8, 4) is 0 Å². The average Bonchev–Trinajstić information content (AvgIpc) is 2.64. The van der Waals surface area contributed by atoms with E-state index in [-0.39, 0.29) is 18.0 Å². The lowest BCUT2D eigenvalue weighted by atomic mass is 10.2. The van der Waals surface area contributed by atoms with Gasteiger partial charge in [0.1, 0.15) is 12.3 Å². The molecule has 0 spiro atoms. The minimum absolute atomic E-state index is 0.0867. The minimum atomic E-state index is -0.538. The van der Waals surface area contributed by atoms with Gasteiger partial charge in [0.25, 0.3) is 5.69 Å². The highest BCUT2D eigenvalue weighted by Gasteiger charge is 2.28. The fraction of sp³-hybridized carbons (Fsp3) is 0.222. The summed E-state index contributed by atoms with van der Waals surface area (Å²) >= 11 is 0. The van der Waals surface area contributed by atoms with Crippen molar-refractivity contribution in [3.05, 3.63) is 34.4 Å². The Morgan fingerprint density at radius 1 is 1.40 bits per heavy atom. The van der Waals surface area contributed by atoms with Gasteiger partial charge >= 0.3 is 6.09 Å². The number of benzene rings is 1. The molecule has 0 radical (unpaired) electrons. The van der Waals surface area contributed by atoms with E-state index in [1.807, 2.05) is 0 Å². The summed E-state index contributed by atoms with van der Waals surface area (Å²) in [6, 6.07) is 6.10. The first-order valence-corrected chi connectivity index (χ1v) is 4.38. The number of nitrogens with zero attached hydrogens (tertiary/aromatic N) is 2. The molecule has 78 valence electrons. The second-order valence-corrected chi connectivity index (χ2v) is 3.01. The number of hydrogen-bond acceptors (Lipinski definition) is 4. The highest BCUT2D eigenvalue weighted by Crippen LogP contribution is 2.29. The molecule has 1 aromatic rings. The van der Waals surface area contributed by atoms with Crippen molar-refractivity contribution in [1.82, 2.24) is 0 Å². The van der Waals surface area contributed by atoms with Gasteiger partial charge in [-0.1, -0.05) is 12.1 Å². The molecule has 0 bridgehead atoms. The number of nitro benzene ring substituents is 1. The maximum atomic E-state index is 11.2. The number of para-hydroxylation sites is 2. The highest BCUT2D eigenvalue weighted by molar-refractivity contribution is 5.92. The Balaban J connectivity index is 2.42. The van der Waals surface area contributed by atoms with E-state index in [0.29, 0.717) is 6.54 Å². The van der Waals surface area contributed by atoms with Crippen LogP contribution in [0.5, 0.6) is 0 Å². The van der Waals surface area contributed by atoms with Crippen molar-refractivity contribution in [1.29, 1.82) is 0 Å². The number of nitro groups is 1. The summed E-state index contributed by atoms with van der Waals surface area (Å²) in [4.78, 5) is 22.7. The van der Waals surface area contributed by atoms with E-state index in [4.69, 9.17) is 4.74 Å². The minimum Gasteiger partial charge on any atom is -0.447 e. The Labute approximate surface area is 85.2 Å². The summed E-state index contributed by atoms with van der Waals surface area (Å²) in [5.74, 6) is 0. The van der Waals surface area contributed by atoms with Gasteiger partial charge in [-0.05, 0) is 6.07 Å². The van der Waals surface area contributed by atoms with E-state index in [1.165, 1.54) is 17.0 Å². The number of cyclic esters (lactones) is 1. The second-order valence-electron chi connectivity index (χ2n) is 3.01. The van der Waals surface area contributed by atoms with Crippen LogP contribution in [0.3, 0.4) is 0 Å². The maximum absolute atomic E-state index is 11.2. The molecule has 0 atom stereocenters. The molecule has 1 fully saturated rings. The topological polar surface area (TPSA) is 72.7 Å². The summed E-state index contributed by atoms with van der Waals surface area (Å²) in [5.41, 5.74) is 0.196. The van der Waals surface area contributed by atoms with E-state index in [1.54, 1.807) is 12.1 Å². The third-order valence-corrected chi connectivity index (χ3v) is 2.13. The number of carbonyl (C=O) groups is 1. The summed E-state index contributed by atoms with van der Waals surface area (Å²) in [5, 5.41) is 10.7. The summed E-state index contributed by atoms with van der Waals surface area (Å²) in [7, 11) is 0. The zero-order valence-corrected chi connectivity index (χ0v) is 7.75. The highest BCUT2D eigenvalue weighted by atomic mass is 16.6. The number of ether oxygens (including phenoxy) is 1. The van der Waals surface area contributed by atoms with E-state index in [0.717, 1.165) is 0 Å². The molecule has 0 aromatic heterocycles. The first kappa shape index (κ1) is 9.45. The number of hydrogen-bond donors (Lipinski definition) is 0. The fourth-order valence-corrected chi connectivity index (χ4v) is 1.46. The van der Waals surface area contributed by atoms with Gasteiger partial charge in [-0.15, -0.1) is 0 Å². The Morgan fingerprint density at radius 2 is 2.13 bits per heavy atom. The number of rotatable bonds is 2. The Bertz CT molecular complexity index is 418. The van der Waals surface area contributed by atoms with Crippen LogP contribution < -0.4 is 4.90 Å². The first-order valence-electron chi connectivity index (χ1n) is 4.38. The number of anilines is 1. The van der Waals surface area contributed by atoms with Gasteiger partial charge in [0, 0.05) is 6.07 Å². The molecule has 0 aliphatic carbocycles. The van der Waals surface area contributed by atoms with Crippen LogP contribution in [0.1, 0.15) is 0 Å². The van der Waals surface area contributed by atoms with Gasteiger partial charge in [-0.3, -0.25) is 15.0 Å². The molecule has 6 nitrogen and oxygen atoms in total. The lowest BCUT2D eigenvalue weighted by Crippen LogP contribution is -2.24. The van der Waals surface area contributed by atoms with Gasteiger partial charge in [-0.25, -0.2) is 4.79 Å². The van der Waals surface area contributed by atoms with Gasteiger partial charge in [0.05, 0.1) is 11.5 Å². The molecule has 1 aliphatic heterocycles. The van der Waals surface area contributed by atoms with Gasteiger partial charge in [0.2, 0.25) is 0 Å². The molecule has 1 aliphatic rings. The number of amides is 1. The number of carbonyl (C=O) groups excluding carboxylic acids is 1. The van der Waals surface area contributed by atoms with Crippen molar-refractivity contribution >= 4 is 17.5 Å². The molecule has 1 amide bonds. The summed E-state index contributed by atoms with van der Waals surface area (Å²) in [6.45, 7) is 0.620. The summed E-state index contributed by atoms with van der Waals surface area (Å²) < 4.78 is 4.72. The lowest BCUT2D eigenvalue weighted by Gasteiger charge is -2.11. The fourth-order valence-electron chi connectivity index (χ4n) is 1.46. The molecule has 15 heavy (non-hydrogen) atoms. The molecule has 0 saturated carbocycles. The Hall–Kier alpha value is -2.11. The Morgan fingerprint density at radius 3 is 2.73 bits per heavy atom. The smallest absolute Gasteiger partial charge is 0.414 e. The van der Waals surface area contributed by atoms with Gasteiger partial charge in [0.15, 0.2) is 0 Å². The van der Waals surface area contributed by atoms with Crippen LogP contribution in [-0.4, -0.2) is 24.2 Å². The quantitative estimate of drug-likeness (QED) is 0.546. The van der Waals surface area contributed by atoms with E-state index in [9.17, 15) is 14.9 Å². The SMILES string of the molecule is O=C1OCCN1c1ccccc1[N+](=O)[O-]. The standard InChI is InChI=1S/C9H8N2O4/c12-9-10(5-6-15-9)7-3-1-2-4-8(7)11(13)14/h1-4H,5-6H2. The third-order valence-electron chi connectivity index (χ3n) is 2.13. The predicted molar refractivity (Wildman–Crippen MR) is 51.8 cm³/mol. The first-order chi connectivity index (χ1) is 7.20. The predicted octanol–water partition coefficient (Wildman–Crippen LogP) is 1.55. The zero-order chi connectivity index (χ0) is 10.8. The molecular weight excluding hydrogens is 200 g/mol. The van der Waals surface area contributed by atoms with E-state index >= 15 is 0 Å². The monoisotopic (exact) mass is 208 g/mol. The molecule has 1 saturated heterocycles. The largest absolute Gasteiger partial charge is 0.447 e. The van der Waals surface area contributed by atoms with Crippen LogP contribution >= 0.6 is 0 Å². The van der Waals surface area contributed by atoms with Gasteiger partial charge in [-0.2, -0.15) is 0 Å². The van der Waals surface area contributed by atoms with Crippen molar-refractivity contribution in [2.24, 2.45) is 0 Å². The van der Waals surface area contributed by atoms with Crippen LogP contribution in [0.25, 0.3) is 0 Å². The normalized spacial score (nSPS) is 15.2. The van der Waals surface area contributed by atoms with Crippen molar-refractivity contribution in [2.45, 2.75) is 0 Å². The van der Waals surface area contributed by atoms with Crippen molar-refractivity contribution in [3.63, 3.8) is 0 Å². The van der Waals surface area contributed by atoms with Crippen LogP contribution in [0, 0.1) is 10.1 Å². The average molecular weight is 208 g/mol. The molecule has 1 aromatic carbocycles. The van der Waals surface area contributed by atoms with Crippen LogP contribution in [0.2, 0.25) is 0 Å². The van der Waals surface area contributed by atoms with Gasteiger partial charge < -0.3 is 4.74 Å². The van der Waals surface area contributed by atoms with Crippen molar-refractivity contribution in [2.75, 3.05) is 18.1 Å². The lowest BCUT2D eigenvalue weighted by molar-refractivity contribution is -0.384. The molecule has 0 unspecified atom stereocenters. The van der Waals surface area contributed by atoms with Crippen LogP contribution in [0.4, 0.5) is 16.2 Å². The Kier molecular flexibility index (Phi) is 2.24. The summed E-state index contributed by atoms with van der Waals surface area (Å²) in [6.07, 6.45) is -0.538. The van der Waals surface area contributed by atoms with Crippen LogP contribution in [0.15, 0.2) is 24.3 Å². The molecule has 2 rings (SSSR count). The second kappa shape index (κ2) is 3.56. The molecular formula is C9H8N2O4. The third kappa shape index (κ3) is 1.61. The molecule has 0 N–H and O–H groups in total. The molecule has 6 heteroatoms. The molecule has 1 heterocycles. The van der Waals surface area contributed by atoms with E-state index in [2.05, 4.69) is 0 Å². The van der Waals surface area contributed by atoms with E-state index < -0.39 is 11.0 Å². The van der Waals surface area contributed by atoms with Crippen molar-refractivity contribution < 1.29 is 14.5 Å².